The van der Waals surface area contributed by atoms with Crippen LogP contribution in [0.15, 0.2) is 0 Å². The highest BCUT2D eigenvalue weighted by Gasteiger charge is 2.58. The molecule has 0 aromatic heterocycles. The lowest BCUT2D eigenvalue weighted by atomic mass is 9.99. The van der Waals surface area contributed by atoms with Gasteiger partial charge in [-0.1, -0.05) is 32.6 Å². The number of aliphatic hydroxyl groups excluding tert-OH is 7. The largest absolute Gasteiger partial charge is 0.463 e. The molecule has 0 spiro atoms. The summed E-state index contributed by atoms with van der Waals surface area (Å²) in [5, 5.41) is 69.7. The van der Waals surface area contributed by atoms with Crippen molar-refractivity contribution in [3.05, 3.63) is 0 Å². The molecule has 188 valence electrons. The van der Waals surface area contributed by atoms with Gasteiger partial charge in [0.25, 0.3) is 0 Å². The summed E-state index contributed by atoms with van der Waals surface area (Å²) in [6.45, 7) is -0.0163. The Kier molecular flexibility index (Phi) is 10.7. The standard InChI is InChI=1S/C20H36O12/c1-2-3-4-5-6-7-13(23)29-9-12-14(24)16(26)17(27)19(30-12)32-20(10-22)18(28)15(25)11(8-21)31-20/h11-12,14-19,21-22,24-28H,2-10H2,1H3/t11-,12-,14-,15+,16+,17+,18-,19-,20+/m1/s1. The third-order valence-corrected chi connectivity index (χ3v) is 5.78. The number of carbonyl (C=O) groups is 1. The molecule has 2 aliphatic rings. The fourth-order valence-electron chi connectivity index (χ4n) is 3.74. The van der Waals surface area contributed by atoms with Gasteiger partial charge in [0.05, 0.1) is 6.61 Å². The van der Waals surface area contributed by atoms with Crippen LogP contribution in [0.2, 0.25) is 0 Å². The Hall–Kier alpha value is -0.930. The number of unbranched alkanes of at least 4 members (excludes halogenated alkanes) is 4. The van der Waals surface area contributed by atoms with E-state index in [0.717, 1.165) is 25.7 Å². The fourth-order valence-corrected chi connectivity index (χ4v) is 3.74. The molecule has 12 nitrogen and oxygen atoms in total. The molecule has 7 N–H and O–H groups in total. The van der Waals surface area contributed by atoms with Crippen molar-refractivity contribution >= 4 is 5.97 Å². The minimum Gasteiger partial charge on any atom is -0.463 e. The molecule has 0 saturated carbocycles. The van der Waals surface area contributed by atoms with Crippen molar-refractivity contribution in [3.63, 3.8) is 0 Å². The van der Waals surface area contributed by atoms with Gasteiger partial charge in [-0.05, 0) is 6.42 Å². The highest BCUT2D eigenvalue weighted by atomic mass is 16.8. The molecule has 2 heterocycles. The molecule has 0 aromatic carbocycles. The Labute approximate surface area is 186 Å². The van der Waals surface area contributed by atoms with Gasteiger partial charge in [0.15, 0.2) is 6.29 Å². The van der Waals surface area contributed by atoms with Gasteiger partial charge in [0, 0.05) is 6.42 Å². The molecule has 0 radical (unpaired) electrons. The molecule has 32 heavy (non-hydrogen) atoms. The van der Waals surface area contributed by atoms with E-state index < -0.39 is 80.6 Å². The first-order valence-corrected chi connectivity index (χ1v) is 11.0. The normalized spacial score (nSPS) is 39.9. The van der Waals surface area contributed by atoms with Crippen LogP contribution in [0, 0.1) is 0 Å². The molecule has 0 unspecified atom stereocenters. The van der Waals surface area contributed by atoms with E-state index in [-0.39, 0.29) is 6.42 Å². The summed E-state index contributed by atoms with van der Waals surface area (Å²) in [5.74, 6) is -2.77. The van der Waals surface area contributed by atoms with Crippen molar-refractivity contribution in [1.82, 2.24) is 0 Å². The summed E-state index contributed by atoms with van der Waals surface area (Å²) in [6.07, 6.45) is -7.98. The van der Waals surface area contributed by atoms with Crippen LogP contribution in [0.25, 0.3) is 0 Å². The van der Waals surface area contributed by atoms with Gasteiger partial charge in [-0.3, -0.25) is 4.79 Å². The summed E-state index contributed by atoms with van der Waals surface area (Å²) in [6, 6.07) is 0. The first kappa shape index (κ1) is 27.3. The molecule has 9 atom stereocenters. The number of esters is 1. The Morgan fingerprint density at radius 3 is 2.19 bits per heavy atom. The van der Waals surface area contributed by atoms with E-state index in [1.54, 1.807) is 0 Å². The van der Waals surface area contributed by atoms with E-state index in [0.29, 0.717) is 6.42 Å². The minimum absolute atomic E-state index is 0.186. The highest BCUT2D eigenvalue weighted by Crippen LogP contribution is 2.36. The minimum atomic E-state index is -2.26. The van der Waals surface area contributed by atoms with Crippen LogP contribution in [-0.4, -0.2) is 116 Å². The molecule has 0 aromatic rings. The zero-order valence-corrected chi connectivity index (χ0v) is 18.2. The molecule has 2 saturated heterocycles. The number of hydrogen-bond donors (Lipinski definition) is 7. The Morgan fingerprint density at radius 2 is 1.59 bits per heavy atom. The van der Waals surface area contributed by atoms with Crippen LogP contribution in [0.1, 0.15) is 45.4 Å². The van der Waals surface area contributed by atoms with Crippen LogP contribution in [0.3, 0.4) is 0 Å². The smallest absolute Gasteiger partial charge is 0.305 e. The summed E-state index contributed by atoms with van der Waals surface area (Å²) >= 11 is 0. The highest BCUT2D eigenvalue weighted by molar-refractivity contribution is 5.69. The van der Waals surface area contributed by atoms with Crippen molar-refractivity contribution in [2.45, 2.75) is 100 Å². The number of hydrogen-bond acceptors (Lipinski definition) is 12. The Bertz CT molecular complexity index is 577. The molecule has 2 aliphatic heterocycles. The molecule has 2 fully saturated rings. The average molecular weight is 468 g/mol. The van der Waals surface area contributed by atoms with E-state index in [1.165, 1.54) is 0 Å². The van der Waals surface area contributed by atoms with Gasteiger partial charge in [-0.25, -0.2) is 0 Å². The van der Waals surface area contributed by atoms with Crippen molar-refractivity contribution in [2.24, 2.45) is 0 Å². The number of aliphatic hydroxyl groups is 7. The van der Waals surface area contributed by atoms with Gasteiger partial charge >= 0.3 is 5.97 Å². The van der Waals surface area contributed by atoms with Crippen molar-refractivity contribution in [3.8, 4) is 0 Å². The number of rotatable bonds is 12. The summed E-state index contributed by atoms with van der Waals surface area (Å²) in [7, 11) is 0. The lowest BCUT2D eigenvalue weighted by Gasteiger charge is -2.43. The first-order chi connectivity index (χ1) is 15.2. The quantitative estimate of drug-likeness (QED) is 0.118. The van der Waals surface area contributed by atoms with Crippen LogP contribution >= 0.6 is 0 Å². The van der Waals surface area contributed by atoms with Crippen LogP contribution in [0.5, 0.6) is 0 Å². The lowest BCUT2D eigenvalue weighted by Crippen LogP contribution is -2.62. The van der Waals surface area contributed by atoms with Crippen molar-refractivity contribution in [2.75, 3.05) is 19.8 Å². The summed E-state index contributed by atoms with van der Waals surface area (Å²) in [5.41, 5.74) is 0. The van der Waals surface area contributed by atoms with E-state index in [4.69, 9.17) is 18.9 Å². The average Bonchev–Trinajstić information content (AvgIpc) is 3.03. The third kappa shape index (κ3) is 6.35. The summed E-state index contributed by atoms with van der Waals surface area (Å²) < 4.78 is 21.2. The molecule has 0 amide bonds. The van der Waals surface area contributed by atoms with Gasteiger partial charge < -0.3 is 54.7 Å². The predicted molar refractivity (Wildman–Crippen MR) is 106 cm³/mol. The first-order valence-electron chi connectivity index (χ1n) is 11.0. The second kappa shape index (κ2) is 12.5. The van der Waals surface area contributed by atoms with Crippen LogP contribution < -0.4 is 0 Å². The topological polar surface area (TPSA) is 196 Å². The zero-order valence-electron chi connectivity index (χ0n) is 18.2. The SMILES string of the molecule is CCCCCCCC(=O)OC[C@H]1O[C@H](O[C@]2(CO)O[C@H](CO)[C@H](O)[C@H]2O)[C@@H](O)[C@@H](O)[C@@H]1O. The molecular formula is C20H36O12. The number of carbonyl (C=O) groups excluding carboxylic acids is 1. The Balaban J connectivity index is 1.96. The molecular weight excluding hydrogens is 432 g/mol. The fraction of sp³-hybridized carbons (Fsp3) is 0.950. The van der Waals surface area contributed by atoms with Gasteiger partial charge in [0.2, 0.25) is 5.79 Å². The predicted octanol–water partition coefficient (Wildman–Crippen LogP) is -2.48. The van der Waals surface area contributed by atoms with Crippen molar-refractivity contribution < 1.29 is 59.5 Å². The second-order valence-electron chi connectivity index (χ2n) is 8.22. The van der Waals surface area contributed by atoms with Gasteiger partial charge in [0.1, 0.15) is 55.9 Å². The van der Waals surface area contributed by atoms with Crippen LogP contribution in [-0.2, 0) is 23.7 Å². The molecule has 0 bridgehead atoms. The molecule has 12 heteroatoms. The maximum absolute atomic E-state index is 11.9. The summed E-state index contributed by atoms with van der Waals surface area (Å²) in [4.78, 5) is 11.9. The van der Waals surface area contributed by atoms with E-state index in [1.807, 2.05) is 0 Å². The Morgan fingerprint density at radius 1 is 0.906 bits per heavy atom. The monoisotopic (exact) mass is 468 g/mol. The third-order valence-electron chi connectivity index (χ3n) is 5.78. The lowest BCUT2D eigenvalue weighted by molar-refractivity contribution is -0.383. The number of ether oxygens (including phenoxy) is 4. The zero-order chi connectivity index (χ0) is 23.9. The maximum atomic E-state index is 11.9. The molecule has 0 aliphatic carbocycles. The molecule has 2 rings (SSSR count). The van der Waals surface area contributed by atoms with E-state index in [2.05, 4.69) is 6.92 Å². The van der Waals surface area contributed by atoms with Gasteiger partial charge in [-0.2, -0.15) is 0 Å². The van der Waals surface area contributed by atoms with E-state index >= 15 is 0 Å². The second-order valence-corrected chi connectivity index (χ2v) is 8.22. The van der Waals surface area contributed by atoms with E-state index in [9.17, 15) is 40.5 Å². The van der Waals surface area contributed by atoms with Crippen LogP contribution in [0.4, 0.5) is 0 Å². The maximum Gasteiger partial charge on any atom is 0.305 e. The van der Waals surface area contributed by atoms with Gasteiger partial charge in [-0.15, -0.1) is 0 Å². The van der Waals surface area contributed by atoms with Crippen molar-refractivity contribution in [1.29, 1.82) is 0 Å².